The molecule has 1 amide bonds. The number of aliphatic hydroxyl groups excluding tert-OH is 1. The molecular formula is C17H27NO2. The van der Waals surface area contributed by atoms with Gasteiger partial charge in [-0.3, -0.25) is 4.79 Å². The molecule has 0 aliphatic rings. The Hall–Kier alpha value is -1.35. The van der Waals surface area contributed by atoms with E-state index in [9.17, 15) is 4.79 Å². The standard InChI is InChI=1S/C17H27NO2/c1-4-15(11-13-19)18-16(20)10-12-17(2,3)14-8-6-5-7-9-14/h5-9,15,19H,4,10-13H2,1-3H3,(H,18,20). The molecule has 3 nitrogen and oxygen atoms in total. The number of nitrogens with one attached hydrogen (secondary N) is 1. The smallest absolute Gasteiger partial charge is 0.220 e. The molecule has 112 valence electrons. The van der Waals surface area contributed by atoms with E-state index in [2.05, 4.69) is 31.3 Å². The number of hydrogen-bond donors (Lipinski definition) is 2. The zero-order chi connectivity index (χ0) is 15.0. The van der Waals surface area contributed by atoms with Gasteiger partial charge in [0.2, 0.25) is 5.91 Å². The van der Waals surface area contributed by atoms with Gasteiger partial charge in [-0.2, -0.15) is 0 Å². The third-order valence-electron chi connectivity index (χ3n) is 3.87. The van der Waals surface area contributed by atoms with Crippen molar-refractivity contribution >= 4 is 5.91 Å². The molecule has 0 heterocycles. The Morgan fingerprint density at radius 2 is 1.95 bits per heavy atom. The van der Waals surface area contributed by atoms with Crippen LogP contribution in [0.15, 0.2) is 30.3 Å². The number of rotatable bonds is 8. The van der Waals surface area contributed by atoms with Gasteiger partial charge in [-0.05, 0) is 30.2 Å². The molecule has 1 atom stereocenters. The number of benzene rings is 1. The number of carbonyl (C=O) groups is 1. The molecular weight excluding hydrogens is 250 g/mol. The second-order valence-electron chi connectivity index (χ2n) is 5.93. The first-order chi connectivity index (χ1) is 9.49. The van der Waals surface area contributed by atoms with Crippen LogP contribution in [-0.4, -0.2) is 23.7 Å². The van der Waals surface area contributed by atoms with Gasteiger partial charge in [0.05, 0.1) is 0 Å². The summed E-state index contributed by atoms with van der Waals surface area (Å²) in [6.45, 7) is 6.48. The maximum absolute atomic E-state index is 12.0. The van der Waals surface area contributed by atoms with E-state index in [0.29, 0.717) is 12.8 Å². The van der Waals surface area contributed by atoms with Crippen LogP contribution in [0, 0.1) is 0 Å². The van der Waals surface area contributed by atoms with E-state index in [1.54, 1.807) is 0 Å². The van der Waals surface area contributed by atoms with Crippen molar-refractivity contribution in [3.05, 3.63) is 35.9 Å². The minimum absolute atomic E-state index is 0.00269. The number of carbonyl (C=O) groups excluding carboxylic acids is 1. The largest absolute Gasteiger partial charge is 0.396 e. The molecule has 0 spiro atoms. The molecule has 1 aromatic rings. The number of aliphatic hydroxyl groups is 1. The van der Waals surface area contributed by atoms with Crippen molar-refractivity contribution in [1.82, 2.24) is 5.32 Å². The Kier molecular flexibility index (Phi) is 6.73. The maximum atomic E-state index is 12.0. The fourth-order valence-electron chi connectivity index (χ4n) is 2.29. The molecule has 0 saturated carbocycles. The second-order valence-corrected chi connectivity index (χ2v) is 5.93. The Morgan fingerprint density at radius 3 is 2.50 bits per heavy atom. The fraction of sp³-hybridized carbons (Fsp3) is 0.588. The van der Waals surface area contributed by atoms with Gasteiger partial charge in [0.25, 0.3) is 0 Å². The van der Waals surface area contributed by atoms with Gasteiger partial charge < -0.3 is 10.4 Å². The van der Waals surface area contributed by atoms with Gasteiger partial charge in [-0.15, -0.1) is 0 Å². The second kappa shape index (κ2) is 8.05. The highest BCUT2D eigenvalue weighted by molar-refractivity contribution is 5.76. The SMILES string of the molecule is CCC(CCO)NC(=O)CCC(C)(C)c1ccccc1. The summed E-state index contributed by atoms with van der Waals surface area (Å²) in [7, 11) is 0. The normalized spacial score (nSPS) is 13.0. The van der Waals surface area contributed by atoms with Gasteiger partial charge in [0.15, 0.2) is 0 Å². The van der Waals surface area contributed by atoms with Gasteiger partial charge in [-0.25, -0.2) is 0 Å². The molecule has 1 rings (SSSR count). The van der Waals surface area contributed by atoms with E-state index in [4.69, 9.17) is 5.11 Å². The van der Waals surface area contributed by atoms with Crippen molar-refractivity contribution < 1.29 is 9.90 Å². The predicted molar refractivity (Wildman–Crippen MR) is 82.6 cm³/mol. The number of amides is 1. The van der Waals surface area contributed by atoms with Crippen molar-refractivity contribution in [3.8, 4) is 0 Å². The average Bonchev–Trinajstić information content (AvgIpc) is 2.46. The highest BCUT2D eigenvalue weighted by atomic mass is 16.3. The molecule has 0 bridgehead atoms. The van der Waals surface area contributed by atoms with E-state index < -0.39 is 0 Å². The molecule has 3 heteroatoms. The van der Waals surface area contributed by atoms with Crippen LogP contribution in [0.25, 0.3) is 0 Å². The lowest BCUT2D eigenvalue weighted by molar-refractivity contribution is -0.122. The fourth-order valence-corrected chi connectivity index (χ4v) is 2.29. The highest BCUT2D eigenvalue weighted by Gasteiger charge is 2.21. The van der Waals surface area contributed by atoms with Crippen molar-refractivity contribution in [2.24, 2.45) is 0 Å². The van der Waals surface area contributed by atoms with Crippen molar-refractivity contribution in [2.75, 3.05) is 6.61 Å². The number of hydrogen-bond acceptors (Lipinski definition) is 2. The minimum atomic E-state index is -0.00269. The van der Waals surface area contributed by atoms with Crippen LogP contribution in [0.3, 0.4) is 0 Å². The molecule has 0 aliphatic heterocycles. The third-order valence-corrected chi connectivity index (χ3v) is 3.87. The summed E-state index contributed by atoms with van der Waals surface area (Å²) in [4.78, 5) is 12.0. The quantitative estimate of drug-likeness (QED) is 0.767. The zero-order valence-corrected chi connectivity index (χ0v) is 12.9. The summed E-state index contributed by atoms with van der Waals surface area (Å²) in [5.41, 5.74) is 1.26. The summed E-state index contributed by atoms with van der Waals surface area (Å²) in [5, 5.41) is 11.9. The topological polar surface area (TPSA) is 49.3 Å². The molecule has 20 heavy (non-hydrogen) atoms. The summed E-state index contributed by atoms with van der Waals surface area (Å²) in [6.07, 6.45) is 2.82. The van der Waals surface area contributed by atoms with Crippen LogP contribution in [0.2, 0.25) is 0 Å². The highest BCUT2D eigenvalue weighted by Crippen LogP contribution is 2.27. The van der Waals surface area contributed by atoms with Crippen molar-refractivity contribution in [3.63, 3.8) is 0 Å². The molecule has 1 unspecified atom stereocenters. The Balaban J connectivity index is 2.47. The lowest BCUT2D eigenvalue weighted by atomic mass is 9.80. The van der Waals surface area contributed by atoms with Crippen molar-refractivity contribution in [2.45, 2.75) is 57.9 Å². The lowest BCUT2D eigenvalue weighted by Crippen LogP contribution is -2.35. The van der Waals surface area contributed by atoms with Crippen LogP contribution in [0.1, 0.15) is 52.0 Å². The molecule has 2 N–H and O–H groups in total. The van der Waals surface area contributed by atoms with Crippen LogP contribution >= 0.6 is 0 Å². The first kappa shape index (κ1) is 16.7. The summed E-state index contributed by atoms with van der Waals surface area (Å²) in [6, 6.07) is 10.4. The third kappa shape index (κ3) is 5.33. The maximum Gasteiger partial charge on any atom is 0.220 e. The first-order valence-electron chi connectivity index (χ1n) is 7.45. The van der Waals surface area contributed by atoms with Crippen LogP contribution in [-0.2, 0) is 10.2 Å². The van der Waals surface area contributed by atoms with Crippen LogP contribution in [0.4, 0.5) is 0 Å². The Bertz CT molecular complexity index is 401. The average molecular weight is 277 g/mol. The molecule has 1 aromatic carbocycles. The first-order valence-corrected chi connectivity index (χ1v) is 7.45. The van der Waals surface area contributed by atoms with E-state index in [1.165, 1.54) is 5.56 Å². The summed E-state index contributed by atoms with van der Waals surface area (Å²) < 4.78 is 0. The minimum Gasteiger partial charge on any atom is -0.396 e. The van der Waals surface area contributed by atoms with E-state index in [0.717, 1.165) is 12.8 Å². The van der Waals surface area contributed by atoms with Gasteiger partial charge in [-0.1, -0.05) is 51.1 Å². The van der Waals surface area contributed by atoms with E-state index >= 15 is 0 Å². The van der Waals surface area contributed by atoms with E-state index in [1.807, 2.05) is 25.1 Å². The van der Waals surface area contributed by atoms with Crippen LogP contribution < -0.4 is 5.32 Å². The predicted octanol–water partition coefficient (Wildman–Crippen LogP) is 3.02. The van der Waals surface area contributed by atoms with Gasteiger partial charge in [0.1, 0.15) is 0 Å². The molecule has 0 radical (unpaired) electrons. The van der Waals surface area contributed by atoms with Crippen molar-refractivity contribution in [1.29, 1.82) is 0 Å². The lowest BCUT2D eigenvalue weighted by Gasteiger charge is -2.25. The molecule has 0 saturated heterocycles. The molecule has 0 aromatic heterocycles. The monoisotopic (exact) mass is 277 g/mol. The summed E-state index contributed by atoms with van der Waals surface area (Å²) >= 11 is 0. The Morgan fingerprint density at radius 1 is 1.30 bits per heavy atom. The van der Waals surface area contributed by atoms with Gasteiger partial charge >= 0.3 is 0 Å². The Labute approximate surface area is 122 Å². The van der Waals surface area contributed by atoms with Crippen LogP contribution in [0.5, 0.6) is 0 Å². The molecule has 0 aliphatic carbocycles. The summed E-state index contributed by atoms with van der Waals surface area (Å²) in [5.74, 6) is 0.0781. The zero-order valence-electron chi connectivity index (χ0n) is 12.9. The molecule has 0 fully saturated rings. The van der Waals surface area contributed by atoms with E-state index in [-0.39, 0.29) is 24.0 Å². The van der Waals surface area contributed by atoms with Gasteiger partial charge in [0, 0.05) is 19.1 Å².